The van der Waals surface area contributed by atoms with Crippen molar-refractivity contribution < 1.29 is 0 Å². The second-order valence-corrected chi connectivity index (χ2v) is 6.87. The Labute approximate surface area is 111 Å². The van der Waals surface area contributed by atoms with Crippen molar-refractivity contribution in [1.29, 1.82) is 0 Å². The van der Waals surface area contributed by atoms with E-state index >= 15 is 0 Å². The molecular formula is C16H26N2. The molecule has 2 N–H and O–H groups in total. The van der Waals surface area contributed by atoms with E-state index in [4.69, 9.17) is 5.73 Å². The smallest absolute Gasteiger partial charge is 0.0299 e. The molecule has 3 unspecified atom stereocenters. The van der Waals surface area contributed by atoms with Crippen molar-refractivity contribution in [3.8, 4) is 0 Å². The van der Waals surface area contributed by atoms with Crippen LogP contribution in [0.3, 0.4) is 0 Å². The first-order valence-electron chi connectivity index (χ1n) is 7.11. The van der Waals surface area contributed by atoms with Crippen molar-refractivity contribution in [2.24, 2.45) is 23.0 Å². The Balaban J connectivity index is 2.02. The maximum absolute atomic E-state index is 6.31. The molecule has 3 atom stereocenters. The fourth-order valence-corrected chi connectivity index (χ4v) is 3.13. The number of hydrogen-bond donors (Lipinski definition) is 1. The van der Waals surface area contributed by atoms with E-state index in [0.717, 1.165) is 12.3 Å². The Hall–Kier alpha value is -0.890. The molecule has 1 saturated carbocycles. The molecule has 0 spiro atoms. The van der Waals surface area contributed by atoms with Gasteiger partial charge in [0.1, 0.15) is 0 Å². The molecule has 0 aliphatic heterocycles. The number of nitrogens with two attached hydrogens (primary N) is 1. The number of hydrogen-bond acceptors (Lipinski definition) is 2. The maximum atomic E-state index is 6.31. The highest BCUT2D eigenvalue weighted by atomic mass is 14.7. The van der Waals surface area contributed by atoms with Crippen LogP contribution in [-0.4, -0.2) is 11.0 Å². The Morgan fingerprint density at radius 1 is 1.33 bits per heavy atom. The van der Waals surface area contributed by atoms with Crippen molar-refractivity contribution in [3.63, 3.8) is 0 Å². The fraction of sp³-hybridized carbons (Fsp3) is 0.688. The summed E-state index contributed by atoms with van der Waals surface area (Å²) in [5, 5.41) is 0. The highest BCUT2D eigenvalue weighted by Gasteiger charge is 2.34. The second-order valence-electron chi connectivity index (χ2n) is 6.87. The number of rotatable bonds is 2. The van der Waals surface area contributed by atoms with E-state index in [0.29, 0.717) is 17.4 Å². The molecule has 0 radical (unpaired) electrons. The zero-order valence-electron chi connectivity index (χ0n) is 11.9. The highest BCUT2D eigenvalue weighted by molar-refractivity contribution is 5.10. The van der Waals surface area contributed by atoms with Crippen LogP contribution < -0.4 is 5.73 Å². The van der Waals surface area contributed by atoms with Crippen LogP contribution in [-0.2, 0) is 6.42 Å². The van der Waals surface area contributed by atoms with Gasteiger partial charge in [-0.25, -0.2) is 0 Å². The first kappa shape index (κ1) is 13.5. The molecule has 2 rings (SSSR count). The van der Waals surface area contributed by atoms with Crippen molar-refractivity contribution in [2.75, 3.05) is 0 Å². The number of pyridine rings is 1. The molecule has 2 nitrogen and oxygen atoms in total. The molecule has 1 aliphatic rings. The van der Waals surface area contributed by atoms with Crippen LogP contribution in [0.15, 0.2) is 24.5 Å². The summed E-state index contributed by atoms with van der Waals surface area (Å²) >= 11 is 0. The van der Waals surface area contributed by atoms with Gasteiger partial charge < -0.3 is 5.73 Å². The third kappa shape index (κ3) is 3.32. The third-order valence-electron chi connectivity index (χ3n) is 4.49. The highest BCUT2D eigenvalue weighted by Crippen LogP contribution is 2.40. The molecule has 0 saturated heterocycles. The molecule has 0 aromatic carbocycles. The van der Waals surface area contributed by atoms with Gasteiger partial charge in [-0.3, -0.25) is 4.98 Å². The minimum Gasteiger partial charge on any atom is -0.327 e. The molecule has 0 bridgehead atoms. The third-order valence-corrected chi connectivity index (χ3v) is 4.49. The lowest BCUT2D eigenvalue weighted by Gasteiger charge is -2.40. The summed E-state index contributed by atoms with van der Waals surface area (Å²) in [6, 6.07) is 4.55. The van der Waals surface area contributed by atoms with E-state index in [-0.39, 0.29) is 0 Å². The molecule has 1 aromatic rings. The van der Waals surface area contributed by atoms with Gasteiger partial charge in [-0.15, -0.1) is 0 Å². The second kappa shape index (κ2) is 5.40. The average molecular weight is 246 g/mol. The summed E-state index contributed by atoms with van der Waals surface area (Å²) < 4.78 is 0. The number of aromatic nitrogens is 1. The van der Waals surface area contributed by atoms with Crippen LogP contribution in [0.5, 0.6) is 0 Å². The van der Waals surface area contributed by atoms with Crippen LogP contribution in [0.25, 0.3) is 0 Å². The predicted octanol–water partition coefficient (Wildman–Crippen LogP) is 3.41. The van der Waals surface area contributed by atoms with Crippen molar-refractivity contribution in [1.82, 2.24) is 4.98 Å². The first-order valence-corrected chi connectivity index (χ1v) is 7.11. The predicted molar refractivity (Wildman–Crippen MR) is 76.2 cm³/mol. The molecule has 1 fully saturated rings. The Bertz CT molecular complexity index is 366. The van der Waals surface area contributed by atoms with E-state index in [1.807, 2.05) is 18.5 Å². The van der Waals surface area contributed by atoms with E-state index in [2.05, 4.69) is 31.8 Å². The standard InChI is InChI=1S/C16H26N2/c1-16(2,3)14-6-7-15(17)13(10-14)9-12-5-4-8-18-11-12/h4-5,8,11,13-15H,6-7,9-10,17H2,1-3H3. The minimum atomic E-state index is 0.365. The van der Waals surface area contributed by atoms with Crippen molar-refractivity contribution >= 4 is 0 Å². The Morgan fingerprint density at radius 2 is 2.11 bits per heavy atom. The zero-order valence-corrected chi connectivity index (χ0v) is 11.9. The summed E-state index contributed by atoms with van der Waals surface area (Å²) in [5.41, 5.74) is 8.05. The zero-order chi connectivity index (χ0) is 13.2. The van der Waals surface area contributed by atoms with Crippen LogP contribution in [0.2, 0.25) is 0 Å². The summed E-state index contributed by atoms with van der Waals surface area (Å²) in [6.45, 7) is 7.07. The molecule has 18 heavy (non-hydrogen) atoms. The molecular weight excluding hydrogens is 220 g/mol. The van der Waals surface area contributed by atoms with Crippen molar-refractivity contribution in [3.05, 3.63) is 30.1 Å². The van der Waals surface area contributed by atoms with Gasteiger partial charge in [0, 0.05) is 18.4 Å². The quantitative estimate of drug-likeness (QED) is 0.868. The Morgan fingerprint density at radius 3 is 2.72 bits per heavy atom. The van der Waals surface area contributed by atoms with Gasteiger partial charge in [-0.05, 0) is 54.6 Å². The van der Waals surface area contributed by atoms with Crippen LogP contribution in [0.1, 0.15) is 45.6 Å². The normalized spacial score (nSPS) is 29.2. The van der Waals surface area contributed by atoms with Crippen LogP contribution in [0.4, 0.5) is 0 Å². The SMILES string of the molecule is CC(C)(C)C1CCC(N)C(Cc2cccnc2)C1. The first-order chi connectivity index (χ1) is 8.47. The molecule has 0 amide bonds. The van der Waals surface area contributed by atoms with Gasteiger partial charge in [0.15, 0.2) is 0 Å². The van der Waals surface area contributed by atoms with Gasteiger partial charge in [0.05, 0.1) is 0 Å². The monoisotopic (exact) mass is 246 g/mol. The summed E-state index contributed by atoms with van der Waals surface area (Å²) in [5.74, 6) is 1.42. The van der Waals surface area contributed by atoms with E-state index in [1.165, 1.54) is 24.8 Å². The lowest BCUT2D eigenvalue weighted by atomic mass is 9.66. The van der Waals surface area contributed by atoms with Gasteiger partial charge in [-0.1, -0.05) is 26.8 Å². The number of nitrogens with zero attached hydrogens (tertiary/aromatic N) is 1. The van der Waals surface area contributed by atoms with Gasteiger partial charge >= 0.3 is 0 Å². The summed E-state index contributed by atoms with van der Waals surface area (Å²) in [7, 11) is 0. The largest absolute Gasteiger partial charge is 0.327 e. The lowest BCUT2D eigenvalue weighted by Crippen LogP contribution is -2.40. The summed E-state index contributed by atoms with van der Waals surface area (Å²) in [4.78, 5) is 4.20. The van der Waals surface area contributed by atoms with Crippen molar-refractivity contribution in [2.45, 2.75) is 52.5 Å². The fourth-order valence-electron chi connectivity index (χ4n) is 3.13. The van der Waals surface area contributed by atoms with E-state index in [9.17, 15) is 0 Å². The molecule has 2 heteroatoms. The molecule has 1 aliphatic carbocycles. The topological polar surface area (TPSA) is 38.9 Å². The maximum Gasteiger partial charge on any atom is 0.0299 e. The summed E-state index contributed by atoms with van der Waals surface area (Å²) in [6.07, 6.45) is 8.62. The van der Waals surface area contributed by atoms with E-state index in [1.54, 1.807) is 0 Å². The lowest BCUT2D eigenvalue weighted by molar-refractivity contribution is 0.126. The van der Waals surface area contributed by atoms with Gasteiger partial charge in [0.25, 0.3) is 0 Å². The van der Waals surface area contributed by atoms with Gasteiger partial charge in [-0.2, -0.15) is 0 Å². The molecule has 1 aromatic heterocycles. The van der Waals surface area contributed by atoms with E-state index < -0.39 is 0 Å². The van der Waals surface area contributed by atoms with Gasteiger partial charge in [0.2, 0.25) is 0 Å². The molecule has 1 heterocycles. The Kier molecular flexibility index (Phi) is 4.06. The van der Waals surface area contributed by atoms with Crippen LogP contribution in [0, 0.1) is 17.3 Å². The minimum absolute atomic E-state index is 0.365. The molecule has 100 valence electrons. The average Bonchev–Trinajstić information content (AvgIpc) is 2.32. The van der Waals surface area contributed by atoms with Crippen LogP contribution >= 0.6 is 0 Å².